The van der Waals surface area contributed by atoms with Gasteiger partial charge in [-0.2, -0.15) is 0 Å². The molecule has 2 rings (SSSR count). The largest absolute Gasteiger partial charge is 0.491 e. The lowest BCUT2D eigenvalue weighted by molar-refractivity contribution is -0.121. The lowest BCUT2D eigenvalue weighted by atomic mass is 10.1. The average molecular weight is 278 g/mol. The van der Waals surface area contributed by atoms with Crippen molar-refractivity contribution < 1.29 is 14.3 Å². The standard InChI is InChI=1S/C15H22N2O3/c1-11-5-12(2)7-13(6-11)20-10-14-8-17(3-4-19-14)9-15(16)18/h5-7,14H,3-4,8-10H2,1-2H3,(H2,16,18)/t14-/m0/s1. The van der Waals surface area contributed by atoms with E-state index in [9.17, 15) is 4.79 Å². The number of rotatable bonds is 5. The van der Waals surface area contributed by atoms with Gasteiger partial charge in [-0.15, -0.1) is 0 Å². The van der Waals surface area contributed by atoms with Crippen LogP contribution in [0.1, 0.15) is 11.1 Å². The maximum atomic E-state index is 10.9. The molecule has 0 radical (unpaired) electrons. The monoisotopic (exact) mass is 278 g/mol. The molecule has 1 aliphatic heterocycles. The van der Waals surface area contributed by atoms with Crippen molar-refractivity contribution in [3.63, 3.8) is 0 Å². The predicted molar refractivity (Wildman–Crippen MR) is 76.8 cm³/mol. The number of nitrogens with two attached hydrogens (primary N) is 1. The van der Waals surface area contributed by atoms with E-state index in [0.717, 1.165) is 12.3 Å². The molecule has 1 saturated heterocycles. The van der Waals surface area contributed by atoms with E-state index in [-0.39, 0.29) is 18.6 Å². The molecule has 1 aromatic rings. The van der Waals surface area contributed by atoms with Crippen LogP contribution in [-0.2, 0) is 9.53 Å². The molecule has 5 nitrogen and oxygen atoms in total. The Labute approximate surface area is 119 Å². The van der Waals surface area contributed by atoms with E-state index in [2.05, 4.69) is 6.07 Å². The molecular formula is C15H22N2O3. The zero-order valence-electron chi connectivity index (χ0n) is 12.1. The SMILES string of the molecule is Cc1cc(C)cc(OC[C@@H]2CN(CC(N)=O)CCO2)c1. The van der Waals surface area contributed by atoms with Crippen molar-refractivity contribution in [1.29, 1.82) is 0 Å². The summed E-state index contributed by atoms with van der Waals surface area (Å²) in [7, 11) is 0. The van der Waals surface area contributed by atoms with E-state index in [0.29, 0.717) is 19.8 Å². The molecule has 0 saturated carbocycles. The number of hydrogen-bond donors (Lipinski definition) is 1. The van der Waals surface area contributed by atoms with E-state index in [4.69, 9.17) is 15.2 Å². The van der Waals surface area contributed by atoms with Crippen LogP contribution in [0, 0.1) is 13.8 Å². The van der Waals surface area contributed by atoms with Gasteiger partial charge in [0.15, 0.2) is 0 Å². The highest BCUT2D eigenvalue weighted by Crippen LogP contribution is 2.17. The molecule has 1 aliphatic rings. The molecule has 2 N–H and O–H groups in total. The number of hydrogen-bond acceptors (Lipinski definition) is 4. The highest BCUT2D eigenvalue weighted by atomic mass is 16.5. The van der Waals surface area contributed by atoms with Crippen LogP contribution in [0.4, 0.5) is 0 Å². The van der Waals surface area contributed by atoms with Gasteiger partial charge >= 0.3 is 0 Å². The molecule has 20 heavy (non-hydrogen) atoms. The fraction of sp³-hybridized carbons (Fsp3) is 0.533. The van der Waals surface area contributed by atoms with Crippen LogP contribution in [0.15, 0.2) is 18.2 Å². The van der Waals surface area contributed by atoms with E-state index < -0.39 is 0 Å². The van der Waals surface area contributed by atoms with Crippen LogP contribution in [0.25, 0.3) is 0 Å². The van der Waals surface area contributed by atoms with Crippen molar-refractivity contribution in [2.75, 3.05) is 32.8 Å². The summed E-state index contributed by atoms with van der Waals surface area (Å²) in [4.78, 5) is 12.9. The van der Waals surface area contributed by atoms with Gasteiger partial charge in [0.1, 0.15) is 18.5 Å². The molecule has 0 unspecified atom stereocenters. The molecule has 5 heteroatoms. The maximum absolute atomic E-state index is 10.9. The quantitative estimate of drug-likeness (QED) is 0.868. The molecule has 0 aliphatic carbocycles. The minimum Gasteiger partial charge on any atom is -0.491 e. The minimum atomic E-state index is -0.305. The summed E-state index contributed by atoms with van der Waals surface area (Å²) in [5, 5.41) is 0. The van der Waals surface area contributed by atoms with Crippen LogP contribution >= 0.6 is 0 Å². The molecule has 1 amide bonds. The van der Waals surface area contributed by atoms with E-state index >= 15 is 0 Å². The fourth-order valence-electron chi connectivity index (χ4n) is 2.45. The highest BCUT2D eigenvalue weighted by Gasteiger charge is 2.22. The number of amides is 1. The van der Waals surface area contributed by atoms with Gasteiger partial charge in [0.05, 0.1) is 13.2 Å². The van der Waals surface area contributed by atoms with Gasteiger partial charge in [0, 0.05) is 13.1 Å². The number of morpholine rings is 1. The van der Waals surface area contributed by atoms with Crippen molar-refractivity contribution in [3.8, 4) is 5.75 Å². The average Bonchev–Trinajstić information content (AvgIpc) is 2.35. The molecular weight excluding hydrogens is 256 g/mol. The summed E-state index contributed by atoms with van der Waals surface area (Å²) >= 11 is 0. The Balaban J connectivity index is 1.85. The van der Waals surface area contributed by atoms with Crippen LogP contribution in [0.2, 0.25) is 0 Å². The highest BCUT2D eigenvalue weighted by molar-refractivity contribution is 5.75. The van der Waals surface area contributed by atoms with E-state index in [1.54, 1.807) is 0 Å². The molecule has 1 aromatic carbocycles. The van der Waals surface area contributed by atoms with Gasteiger partial charge in [-0.05, 0) is 37.1 Å². The van der Waals surface area contributed by atoms with Gasteiger partial charge in [-0.25, -0.2) is 0 Å². The van der Waals surface area contributed by atoms with Crippen molar-refractivity contribution in [1.82, 2.24) is 4.90 Å². The second kappa shape index (κ2) is 6.72. The maximum Gasteiger partial charge on any atom is 0.231 e. The Morgan fingerprint density at radius 1 is 1.40 bits per heavy atom. The van der Waals surface area contributed by atoms with Crippen molar-refractivity contribution in [2.24, 2.45) is 5.73 Å². The minimum absolute atomic E-state index is 0.0241. The number of primary amides is 1. The first-order chi connectivity index (χ1) is 9.52. The summed E-state index contributed by atoms with van der Waals surface area (Å²) < 4.78 is 11.4. The predicted octanol–water partition coefficient (Wildman–Crippen LogP) is 0.868. The second-order valence-electron chi connectivity index (χ2n) is 5.33. The Morgan fingerprint density at radius 2 is 2.10 bits per heavy atom. The van der Waals surface area contributed by atoms with Crippen LogP contribution in [-0.4, -0.2) is 49.8 Å². The Hall–Kier alpha value is -1.59. The second-order valence-corrected chi connectivity index (χ2v) is 5.33. The smallest absolute Gasteiger partial charge is 0.231 e. The van der Waals surface area contributed by atoms with Crippen molar-refractivity contribution >= 4 is 5.91 Å². The molecule has 0 spiro atoms. The normalized spacial score (nSPS) is 19.8. The van der Waals surface area contributed by atoms with Gasteiger partial charge in [0.2, 0.25) is 5.91 Å². The first-order valence-corrected chi connectivity index (χ1v) is 6.86. The summed E-state index contributed by atoms with van der Waals surface area (Å²) in [6.07, 6.45) is -0.0241. The summed E-state index contributed by atoms with van der Waals surface area (Å²) in [6.45, 7) is 6.88. The van der Waals surface area contributed by atoms with E-state index in [1.165, 1.54) is 11.1 Å². The third-order valence-electron chi connectivity index (χ3n) is 3.23. The summed E-state index contributed by atoms with van der Waals surface area (Å²) in [5.41, 5.74) is 7.58. The van der Waals surface area contributed by atoms with Crippen LogP contribution in [0.5, 0.6) is 5.75 Å². The molecule has 1 atom stereocenters. The van der Waals surface area contributed by atoms with Crippen LogP contribution in [0.3, 0.4) is 0 Å². The number of carbonyl (C=O) groups excluding carboxylic acids is 1. The van der Waals surface area contributed by atoms with Gasteiger partial charge < -0.3 is 15.2 Å². The number of ether oxygens (including phenoxy) is 2. The van der Waals surface area contributed by atoms with Gasteiger partial charge in [-0.3, -0.25) is 9.69 Å². The molecule has 0 aromatic heterocycles. The van der Waals surface area contributed by atoms with Crippen molar-refractivity contribution in [2.45, 2.75) is 20.0 Å². The topological polar surface area (TPSA) is 64.8 Å². The Kier molecular flexibility index (Phi) is 4.98. The van der Waals surface area contributed by atoms with Gasteiger partial charge in [-0.1, -0.05) is 6.07 Å². The Morgan fingerprint density at radius 3 is 2.75 bits per heavy atom. The molecule has 1 heterocycles. The molecule has 1 fully saturated rings. The lowest BCUT2D eigenvalue weighted by Gasteiger charge is -2.31. The first kappa shape index (κ1) is 14.8. The van der Waals surface area contributed by atoms with E-state index in [1.807, 2.05) is 30.9 Å². The van der Waals surface area contributed by atoms with Crippen molar-refractivity contribution in [3.05, 3.63) is 29.3 Å². The third-order valence-corrected chi connectivity index (χ3v) is 3.23. The number of nitrogens with zero attached hydrogens (tertiary/aromatic N) is 1. The molecule has 110 valence electrons. The zero-order chi connectivity index (χ0) is 14.5. The zero-order valence-corrected chi connectivity index (χ0v) is 12.1. The Bertz CT molecular complexity index is 456. The lowest BCUT2D eigenvalue weighted by Crippen LogP contribution is -2.47. The summed E-state index contributed by atoms with van der Waals surface area (Å²) in [5.74, 6) is 0.555. The number of carbonyl (C=O) groups is 1. The number of benzene rings is 1. The number of aryl methyl sites for hydroxylation is 2. The molecule has 0 bridgehead atoms. The summed E-state index contributed by atoms with van der Waals surface area (Å²) in [6, 6.07) is 6.13. The van der Waals surface area contributed by atoms with Gasteiger partial charge in [0.25, 0.3) is 0 Å². The van der Waals surface area contributed by atoms with Crippen LogP contribution < -0.4 is 10.5 Å². The fourth-order valence-corrected chi connectivity index (χ4v) is 2.45. The first-order valence-electron chi connectivity index (χ1n) is 6.86. The third kappa shape index (κ3) is 4.51.